The van der Waals surface area contributed by atoms with Crippen molar-refractivity contribution in [1.82, 2.24) is 9.88 Å². The summed E-state index contributed by atoms with van der Waals surface area (Å²) in [6, 6.07) is 2.57. The van der Waals surface area contributed by atoms with Gasteiger partial charge in [-0.15, -0.1) is 0 Å². The van der Waals surface area contributed by atoms with Gasteiger partial charge in [-0.1, -0.05) is 20.8 Å². The van der Waals surface area contributed by atoms with Gasteiger partial charge in [0.25, 0.3) is 0 Å². The molecule has 2 bridgehead atoms. The molecule has 0 radical (unpaired) electrons. The van der Waals surface area contributed by atoms with Gasteiger partial charge in [0.05, 0.1) is 17.5 Å². The molecule has 4 heteroatoms. The van der Waals surface area contributed by atoms with Gasteiger partial charge in [0, 0.05) is 19.1 Å². The van der Waals surface area contributed by atoms with Crippen LogP contribution in [0.25, 0.3) is 11.5 Å². The molecule has 4 rings (SSSR count). The summed E-state index contributed by atoms with van der Waals surface area (Å²) in [7, 11) is 0. The quantitative estimate of drug-likeness (QED) is 0.827. The highest BCUT2D eigenvalue weighted by atomic mass is 16.4. The van der Waals surface area contributed by atoms with Gasteiger partial charge in [-0.05, 0) is 43.1 Å². The van der Waals surface area contributed by atoms with E-state index in [0.717, 1.165) is 23.6 Å². The summed E-state index contributed by atoms with van der Waals surface area (Å²) in [6.07, 6.45) is 7.27. The lowest BCUT2D eigenvalue weighted by atomic mass is 9.65. The molecule has 124 valence electrons. The van der Waals surface area contributed by atoms with Crippen LogP contribution in [0.15, 0.2) is 27.4 Å². The van der Waals surface area contributed by atoms with E-state index in [1.807, 2.05) is 13.0 Å². The number of rotatable bonds is 3. The Hall–Kier alpha value is -1.55. The van der Waals surface area contributed by atoms with Crippen LogP contribution in [0, 0.1) is 17.8 Å². The third-order valence-corrected chi connectivity index (χ3v) is 5.54. The summed E-state index contributed by atoms with van der Waals surface area (Å²) in [4.78, 5) is 7.34. The number of hydrogen-bond donors (Lipinski definition) is 0. The Bertz CT molecular complexity index is 701. The third kappa shape index (κ3) is 2.74. The molecule has 1 aliphatic heterocycles. The molecular formula is C19H26N2O2. The fraction of sp³-hybridized carbons (Fsp3) is 0.632. The number of fused-ring (bicyclic) bond motifs is 2. The molecule has 2 fully saturated rings. The van der Waals surface area contributed by atoms with Gasteiger partial charge < -0.3 is 8.83 Å². The molecule has 0 spiro atoms. The number of furan rings is 1. The zero-order valence-electron chi connectivity index (χ0n) is 14.6. The van der Waals surface area contributed by atoms with Gasteiger partial charge >= 0.3 is 0 Å². The van der Waals surface area contributed by atoms with Crippen LogP contribution in [0.2, 0.25) is 0 Å². The maximum atomic E-state index is 5.85. The summed E-state index contributed by atoms with van der Waals surface area (Å²) < 4.78 is 11.0. The average Bonchev–Trinajstić information content (AvgIpc) is 3.09. The minimum absolute atomic E-state index is 0.452. The maximum Gasteiger partial charge on any atom is 0.229 e. The lowest BCUT2D eigenvalue weighted by Gasteiger charge is -2.39. The van der Waals surface area contributed by atoms with Crippen LogP contribution in [-0.2, 0) is 6.54 Å². The predicted molar refractivity (Wildman–Crippen MR) is 88.9 cm³/mol. The third-order valence-electron chi connectivity index (χ3n) is 5.54. The summed E-state index contributed by atoms with van der Waals surface area (Å²) in [6.45, 7) is 11.4. The Morgan fingerprint density at radius 3 is 2.87 bits per heavy atom. The standard InChI is InChI=1S/C19H26N2O2/c1-13-16(20-17(23-13)14-5-6-22-10-14)9-21-12-19(4)8-15(21)7-18(2,3)11-19/h5-6,10,15H,7-9,11-12H2,1-4H3/t15-,19-/m1/s1. The smallest absolute Gasteiger partial charge is 0.229 e. The highest BCUT2D eigenvalue weighted by Crippen LogP contribution is 2.52. The van der Waals surface area contributed by atoms with Gasteiger partial charge in [-0.3, -0.25) is 4.90 Å². The topological polar surface area (TPSA) is 42.4 Å². The SMILES string of the molecule is Cc1oc(-c2ccoc2)nc1CN1C[C@]2(C)C[C@H]1CC(C)(C)C2. The van der Waals surface area contributed by atoms with Gasteiger partial charge in [0.15, 0.2) is 0 Å². The van der Waals surface area contributed by atoms with Crippen molar-refractivity contribution in [2.24, 2.45) is 10.8 Å². The van der Waals surface area contributed by atoms with Crippen LogP contribution < -0.4 is 0 Å². The summed E-state index contributed by atoms with van der Waals surface area (Å²) in [5.74, 6) is 1.59. The number of nitrogens with zero attached hydrogens (tertiary/aromatic N) is 2. The molecule has 0 amide bonds. The maximum absolute atomic E-state index is 5.85. The fourth-order valence-corrected chi connectivity index (χ4v) is 5.04. The molecule has 1 saturated carbocycles. The lowest BCUT2D eigenvalue weighted by molar-refractivity contribution is 0.126. The zero-order valence-corrected chi connectivity index (χ0v) is 14.6. The van der Waals surface area contributed by atoms with Crippen LogP contribution >= 0.6 is 0 Å². The molecule has 2 atom stereocenters. The molecule has 0 N–H and O–H groups in total. The second kappa shape index (κ2) is 4.97. The molecule has 2 aromatic heterocycles. The van der Waals surface area contributed by atoms with E-state index in [0.29, 0.717) is 22.8 Å². The Balaban J connectivity index is 1.55. The van der Waals surface area contributed by atoms with E-state index in [9.17, 15) is 0 Å². The highest BCUT2D eigenvalue weighted by Gasteiger charge is 2.49. The van der Waals surface area contributed by atoms with Gasteiger partial charge in [0.1, 0.15) is 12.0 Å². The van der Waals surface area contributed by atoms with Crippen LogP contribution in [0.3, 0.4) is 0 Å². The molecule has 2 aromatic rings. The number of oxazole rings is 1. The minimum atomic E-state index is 0.452. The first kappa shape index (κ1) is 15.0. The number of hydrogen-bond acceptors (Lipinski definition) is 4. The van der Waals surface area contributed by atoms with Crippen molar-refractivity contribution in [3.8, 4) is 11.5 Å². The second-order valence-electron chi connectivity index (χ2n) is 8.65. The molecule has 3 heterocycles. The first-order valence-electron chi connectivity index (χ1n) is 8.57. The van der Waals surface area contributed by atoms with Crippen molar-refractivity contribution >= 4 is 0 Å². The van der Waals surface area contributed by atoms with E-state index >= 15 is 0 Å². The summed E-state index contributed by atoms with van der Waals surface area (Å²) in [5.41, 5.74) is 2.88. The highest BCUT2D eigenvalue weighted by molar-refractivity contribution is 5.51. The van der Waals surface area contributed by atoms with Crippen molar-refractivity contribution in [3.05, 3.63) is 30.0 Å². The summed E-state index contributed by atoms with van der Waals surface area (Å²) >= 11 is 0. The lowest BCUT2D eigenvalue weighted by Crippen LogP contribution is -2.34. The van der Waals surface area contributed by atoms with E-state index < -0.39 is 0 Å². The van der Waals surface area contributed by atoms with Crippen LogP contribution in [0.1, 0.15) is 51.5 Å². The molecule has 0 aromatic carbocycles. The fourth-order valence-electron chi connectivity index (χ4n) is 5.04. The number of aryl methyl sites for hydroxylation is 1. The van der Waals surface area contributed by atoms with Crippen LogP contribution in [0.4, 0.5) is 0 Å². The van der Waals surface area contributed by atoms with Crippen LogP contribution in [-0.4, -0.2) is 22.5 Å². The van der Waals surface area contributed by atoms with Gasteiger partial charge in [-0.25, -0.2) is 4.98 Å². The Kier molecular flexibility index (Phi) is 3.24. The Morgan fingerprint density at radius 2 is 2.13 bits per heavy atom. The molecule has 0 unspecified atom stereocenters. The van der Waals surface area contributed by atoms with E-state index in [4.69, 9.17) is 13.8 Å². The van der Waals surface area contributed by atoms with E-state index in [1.54, 1.807) is 12.5 Å². The normalized spacial score (nSPS) is 30.0. The minimum Gasteiger partial charge on any atom is -0.472 e. The second-order valence-corrected chi connectivity index (χ2v) is 8.65. The van der Waals surface area contributed by atoms with E-state index in [-0.39, 0.29) is 0 Å². The largest absolute Gasteiger partial charge is 0.472 e. The van der Waals surface area contributed by atoms with Crippen LogP contribution in [0.5, 0.6) is 0 Å². The number of aromatic nitrogens is 1. The van der Waals surface area contributed by atoms with E-state index in [2.05, 4.69) is 25.7 Å². The zero-order chi connectivity index (χ0) is 16.2. The van der Waals surface area contributed by atoms with Crippen molar-refractivity contribution in [2.45, 2.75) is 59.5 Å². The van der Waals surface area contributed by atoms with Gasteiger partial charge in [-0.2, -0.15) is 0 Å². The van der Waals surface area contributed by atoms with Crippen molar-refractivity contribution in [3.63, 3.8) is 0 Å². The van der Waals surface area contributed by atoms with Crippen molar-refractivity contribution in [1.29, 1.82) is 0 Å². The van der Waals surface area contributed by atoms with Gasteiger partial charge in [0.2, 0.25) is 5.89 Å². The molecular weight excluding hydrogens is 288 g/mol. The summed E-state index contributed by atoms with van der Waals surface area (Å²) in [5, 5.41) is 0. The number of likely N-dealkylation sites (tertiary alicyclic amines) is 1. The predicted octanol–water partition coefficient (Wildman–Crippen LogP) is 4.64. The monoisotopic (exact) mass is 314 g/mol. The van der Waals surface area contributed by atoms with Crippen molar-refractivity contribution < 1.29 is 8.83 Å². The first-order valence-corrected chi connectivity index (χ1v) is 8.57. The molecule has 4 nitrogen and oxygen atoms in total. The Labute approximate surface area is 137 Å². The van der Waals surface area contributed by atoms with Crippen molar-refractivity contribution in [2.75, 3.05) is 6.54 Å². The Morgan fingerprint density at radius 1 is 1.30 bits per heavy atom. The molecule has 1 aliphatic carbocycles. The first-order chi connectivity index (χ1) is 10.8. The molecule has 23 heavy (non-hydrogen) atoms. The molecule has 2 aliphatic rings. The van der Waals surface area contributed by atoms with E-state index in [1.165, 1.54) is 25.8 Å². The molecule has 1 saturated heterocycles. The average molecular weight is 314 g/mol.